The molecule has 142 valence electrons. The summed E-state index contributed by atoms with van der Waals surface area (Å²) in [6, 6.07) is 0. The summed E-state index contributed by atoms with van der Waals surface area (Å²) in [4.78, 5) is 26.9. The maximum atomic E-state index is 11.7. The minimum Gasteiger partial charge on any atom is -0.371 e. The number of likely N-dealkylation sites (tertiary alicyclic amines) is 1. The number of nitrogens with zero attached hydrogens (tertiary/aromatic N) is 4. The van der Waals surface area contributed by atoms with Gasteiger partial charge in [-0.2, -0.15) is 4.98 Å². The second kappa shape index (κ2) is 7.42. The lowest BCUT2D eigenvalue weighted by Crippen LogP contribution is -2.76. The Hall–Kier alpha value is -2.46. The summed E-state index contributed by atoms with van der Waals surface area (Å²) in [5, 5.41) is 13.6. The van der Waals surface area contributed by atoms with Crippen molar-refractivity contribution in [1.82, 2.24) is 25.5 Å². The van der Waals surface area contributed by atoms with Crippen LogP contribution in [-0.4, -0.2) is 66.1 Å². The van der Waals surface area contributed by atoms with Gasteiger partial charge in [-0.1, -0.05) is 6.92 Å². The van der Waals surface area contributed by atoms with Crippen LogP contribution in [0.3, 0.4) is 0 Å². The van der Waals surface area contributed by atoms with E-state index < -0.39 is 5.91 Å². The molecule has 2 aliphatic rings. The molecule has 0 aromatic carbocycles. The minimum atomic E-state index is -0.774. The third-order valence-corrected chi connectivity index (χ3v) is 4.64. The van der Waals surface area contributed by atoms with E-state index in [1.165, 1.54) is 0 Å². The maximum Gasteiger partial charge on any atom is 0.228 e. The Labute approximate surface area is 153 Å². The number of hydrogen-bond donors (Lipinski definition) is 5. The SMILES string of the molecule is CCCNC1(N2CCC(=O)CC2)NC(=NC)c2nc(N)nc(NC)c2N1. The number of amidine groups is 1. The van der Waals surface area contributed by atoms with E-state index in [-0.39, 0.29) is 5.95 Å². The molecule has 0 bridgehead atoms. The molecular formula is C16H27N9O. The first kappa shape index (κ1) is 18.3. The Morgan fingerprint density at radius 3 is 2.65 bits per heavy atom. The number of hydrogen-bond acceptors (Lipinski definition) is 9. The predicted octanol–water partition coefficient (Wildman–Crippen LogP) is -0.232. The van der Waals surface area contributed by atoms with Gasteiger partial charge in [0.1, 0.15) is 17.2 Å². The Morgan fingerprint density at radius 1 is 1.31 bits per heavy atom. The van der Waals surface area contributed by atoms with Crippen molar-refractivity contribution in [3.05, 3.63) is 5.69 Å². The Bertz CT molecular complexity index is 710. The van der Waals surface area contributed by atoms with Gasteiger partial charge in [-0.15, -0.1) is 0 Å². The van der Waals surface area contributed by atoms with Gasteiger partial charge >= 0.3 is 0 Å². The fourth-order valence-corrected chi connectivity index (χ4v) is 3.31. The zero-order chi connectivity index (χ0) is 18.7. The third kappa shape index (κ3) is 3.29. The number of aromatic nitrogens is 2. The van der Waals surface area contributed by atoms with Crippen molar-refractivity contribution in [1.29, 1.82) is 0 Å². The van der Waals surface area contributed by atoms with Crippen LogP contribution in [0.25, 0.3) is 0 Å². The maximum absolute atomic E-state index is 11.7. The number of aliphatic imine (C=N–C) groups is 1. The zero-order valence-corrected chi connectivity index (χ0v) is 15.5. The van der Waals surface area contributed by atoms with Gasteiger partial charge in [0.05, 0.1) is 0 Å². The van der Waals surface area contributed by atoms with Gasteiger partial charge in [0.25, 0.3) is 0 Å². The van der Waals surface area contributed by atoms with E-state index in [9.17, 15) is 4.79 Å². The summed E-state index contributed by atoms with van der Waals surface area (Å²) >= 11 is 0. The van der Waals surface area contributed by atoms with Gasteiger partial charge in [-0.3, -0.25) is 15.1 Å². The molecule has 0 amide bonds. The summed E-state index contributed by atoms with van der Waals surface area (Å²) in [7, 11) is 3.49. The first-order valence-electron chi connectivity index (χ1n) is 8.93. The number of rotatable bonds is 5. The van der Waals surface area contributed by atoms with E-state index in [0.29, 0.717) is 49.1 Å². The highest BCUT2D eigenvalue weighted by molar-refractivity contribution is 6.06. The van der Waals surface area contributed by atoms with Crippen LogP contribution in [0.5, 0.6) is 0 Å². The Kier molecular flexibility index (Phi) is 5.23. The topological polar surface area (TPSA) is 133 Å². The molecule has 1 fully saturated rings. The highest BCUT2D eigenvalue weighted by Gasteiger charge is 2.44. The number of nitrogen functional groups attached to an aromatic ring is 1. The second-order valence-corrected chi connectivity index (χ2v) is 6.39. The molecule has 26 heavy (non-hydrogen) atoms. The van der Waals surface area contributed by atoms with Gasteiger partial charge in [-0.05, 0) is 6.42 Å². The van der Waals surface area contributed by atoms with Crippen LogP contribution in [0, 0.1) is 0 Å². The number of Topliss-reactive ketones (excluding diaryl/α,β-unsaturated/α-hetero) is 1. The fraction of sp³-hybridized carbons (Fsp3) is 0.625. The van der Waals surface area contributed by atoms with Crippen LogP contribution in [0.4, 0.5) is 17.5 Å². The van der Waals surface area contributed by atoms with Crippen molar-refractivity contribution in [2.24, 2.45) is 4.99 Å². The molecule has 10 nitrogen and oxygen atoms in total. The molecule has 0 radical (unpaired) electrons. The van der Waals surface area contributed by atoms with E-state index in [0.717, 1.165) is 18.7 Å². The largest absolute Gasteiger partial charge is 0.371 e. The van der Waals surface area contributed by atoms with Crippen LogP contribution in [0.15, 0.2) is 4.99 Å². The first-order valence-corrected chi connectivity index (χ1v) is 8.93. The molecule has 1 saturated heterocycles. The van der Waals surface area contributed by atoms with E-state index in [1.807, 2.05) is 0 Å². The highest BCUT2D eigenvalue weighted by Crippen LogP contribution is 2.32. The quantitative estimate of drug-likeness (QED) is 0.482. The molecule has 0 aliphatic carbocycles. The average molecular weight is 361 g/mol. The molecule has 1 aromatic heterocycles. The first-order chi connectivity index (χ1) is 12.5. The molecule has 0 spiro atoms. The summed E-state index contributed by atoms with van der Waals surface area (Å²) in [6.45, 7) is 4.18. The van der Waals surface area contributed by atoms with Gasteiger partial charge < -0.3 is 21.7 Å². The lowest BCUT2D eigenvalue weighted by molar-refractivity contribution is -0.123. The molecule has 0 saturated carbocycles. The van der Waals surface area contributed by atoms with Crippen molar-refractivity contribution >= 4 is 29.1 Å². The van der Waals surface area contributed by atoms with Gasteiger partial charge in [0, 0.05) is 46.6 Å². The van der Waals surface area contributed by atoms with Crippen molar-refractivity contribution in [2.45, 2.75) is 32.1 Å². The van der Waals surface area contributed by atoms with E-state index >= 15 is 0 Å². The van der Waals surface area contributed by atoms with Crippen LogP contribution in [0.2, 0.25) is 0 Å². The summed E-state index contributed by atoms with van der Waals surface area (Å²) in [5.74, 6) is 0.912. The van der Waals surface area contributed by atoms with Gasteiger partial charge in [-0.25, -0.2) is 9.88 Å². The van der Waals surface area contributed by atoms with Crippen molar-refractivity contribution in [3.63, 3.8) is 0 Å². The zero-order valence-electron chi connectivity index (χ0n) is 15.5. The number of nitrogens with one attached hydrogen (secondary N) is 4. The Morgan fingerprint density at radius 2 is 2.04 bits per heavy atom. The molecule has 10 heteroatoms. The van der Waals surface area contributed by atoms with Crippen LogP contribution >= 0.6 is 0 Å². The second-order valence-electron chi connectivity index (χ2n) is 6.39. The third-order valence-electron chi connectivity index (χ3n) is 4.64. The highest BCUT2D eigenvalue weighted by atomic mass is 16.1. The van der Waals surface area contributed by atoms with Crippen LogP contribution in [0.1, 0.15) is 31.9 Å². The van der Waals surface area contributed by atoms with Crippen molar-refractivity contribution in [3.8, 4) is 0 Å². The van der Waals surface area contributed by atoms with E-state index in [4.69, 9.17) is 5.73 Å². The molecular weight excluding hydrogens is 334 g/mol. The number of carbonyl (C=O) groups excluding carboxylic acids is 1. The number of ketones is 1. The minimum absolute atomic E-state index is 0.176. The van der Waals surface area contributed by atoms with E-state index in [2.05, 4.69) is 48.1 Å². The standard InChI is InChI=1S/C16H27N9O/c1-4-7-20-16(25-8-5-10(26)6-9-25)23-12-11(14(19-3)24-16)21-15(17)22-13(12)18-2/h20,23H,4-9H2,1-3H3,(H,19,24)(H3,17,18,21,22). The summed E-state index contributed by atoms with van der Waals surface area (Å²) in [6.07, 6.45) is 2.02. The van der Waals surface area contributed by atoms with Gasteiger partial charge in [0.15, 0.2) is 11.7 Å². The predicted molar refractivity (Wildman–Crippen MR) is 102 cm³/mol. The molecule has 1 atom stereocenters. The monoisotopic (exact) mass is 361 g/mol. The fourth-order valence-electron chi connectivity index (χ4n) is 3.31. The average Bonchev–Trinajstić information content (AvgIpc) is 2.66. The molecule has 6 N–H and O–H groups in total. The lowest BCUT2D eigenvalue weighted by atomic mass is 10.1. The molecule has 2 aliphatic heterocycles. The number of piperidine rings is 1. The molecule has 3 rings (SSSR count). The lowest BCUT2D eigenvalue weighted by Gasteiger charge is -2.49. The van der Waals surface area contributed by atoms with Crippen LogP contribution in [-0.2, 0) is 4.79 Å². The molecule has 1 aromatic rings. The number of nitrogens with two attached hydrogens (primary N) is 1. The Balaban J connectivity index is 2.05. The van der Waals surface area contributed by atoms with Crippen LogP contribution < -0.4 is 27.0 Å². The molecule has 3 heterocycles. The summed E-state index contributed by atoms with van der Waals surface area (Å²) in [5.41, 5.74) is 7.19. The number of fused-ring (bicyclic) bond motifs is 1. The van der Waals surface area contributed by atoms with Crippen molar-refractivity contribution in [2.75, 3.05) is 50.1 Å². The number of carbonyl (C=O) groups is 1. The van der Waals surface area contributed by atoms with E-state index in [1.54, 1.807) is 14.1 Å². The van der Waals surface area contributed by atoms with Gasteiger partial charge in [0.2, 0.25) is 11.9 Å². The van der Waals surface area contributed by atoms with Crippen molar-refractivity contribution < 1.29 is 4.79 Å². The summed E-state index contributed by atoms with van der Waals surface area (Å²) < 4.78 is 0. The number of anilines is 3. The molecule has 1 unspecified atom stereocenters. The smallest absolute Gasteiger partial charge is 0.228 e. The normalized spacial score (nSPS) is 24.7.